The molecule has 2 rings (SSSR count). The van der Waals surface area contributed by atoms with Crippen molar-refractivity contribution in [2.24, 2.45) is 0 Å². The fourth-order valence-corrected chi connectivity index (χ4v) is 3.12. The topological polar surface area (TPSA) is 58.0 Å². The molecule has 1 aliphatic rings. The Balaban J connectivity index is 1.84. The van der Waals surface area contributed by atoms with Crippen molar-refractivity contribution in [3.05, 3.63) is 5.51 Å². The summed E-state index contributed by atoms with van der Waals surface area (Å²) in [5.74, 6) is 2.10. The Labute approximate surface area is 91.1 Å². The molecule has 1 saturated heterocycles. The first-order chi connectivity index (χ1) is 6.79. The normalized spacial score (nSPS) is 20.6. The molecule has 1 aromatic heterocycles. The van der Waals surface area contributed by atoms with Crippen LogP contribution in [0, 0.1) is 0 Å². The van der Waals surface area contributed by atoms with Crippen LogP contribution in [0.3, 0.4) is 0 Å². The van der Waals surface area contributed by atoms with Crippen LogP contribution in [-0.4, -0.2) is 39.0 Å². The number of hydrogen-bond acceptors (Lipinski definition) is 6. The first-order valence-electron chi connectivity index (χ1n) is 4.59. The first kappa shape index (κ1) is 10.2. The Kier molecular flexibility index (Phi) is 3.25. The van der Waals surface area contributed by atoms with Crippen LogP contribution in [0.4, 0.5) is 5.13 Å². The summed E-state index contributed by atoms with van der Waals surface area (Å²) in [5, 5.41) is 21.7. The molecule has 1 aromatic rings. The number of thioether (sulfide) groups is 1. The lowest BCUT2D eigenvalue weighted by Crippen LogP contribution is -2.40. The molecule has 4 nitrogen and oxygen atoms in total. The summed E-state index contributed by atoms with van der Waals surface area (Å²) in [7, 11) is 0. The molecular weight excluding hydrogens is 218 g/mol. The molecule has 2 N–H and O–H groups in total. The molecule has 1 fully saturated rings. The number of rotatable bonds is 3. The molecule has 0 amide bonds. The standard InChI is InChI=1S/C8H13N3OS2/c12-8(1-3-13-4-2-8)5-9-7-11-10-6-14-7/h6,12H,1-5H2,(H,9,11). The van der Waals surface area contributed by atoms with E-state index in [0.29, 0.717) is 6.54 Å². The van der Waals surface area contributed by atoms with Gasteiger partial charge in [-0.3, -0.25) is 0 Å². The molecule has 0 radical (unpaired) electrons. The van der Waals surface area contributed by atoms with Crippen molar-refractivity contribution in [2.45, 2.75) is 18.4 Å². The van der Waals surface area contributed by atoms with Gasteiger partial charge in [0.15, 0.2) is 0 Å². The highest BCUT2D eigenvalue weighted by Crippen LogP contribution is 2.27. The highest BCUT2D eigenvalue weighted by Gasteiger charge is 2.29. The van der Waals surface area contributed by atoms with Crippen molar-refractivity contribution >= 4 is 28.2 Å². The molecule has 0 spiro atoms. The summed E-state index contributed by atoms with van der Waals surface area (Å²) in [4.78, 5) is 0. The zero-order valence-electron chi connectivity index (χ0n) is 7.77. The maximum Gasteiger partial charge on any atom is 0.205 e. The molecule has 78 valence electrons. The molecule has 0 aliphatic carbocycles. The van der Waals surface area contributed by atoms with Crippen LogP contribution in [0.15, 0.2) is 5.51 Å². The SMILES string of the molecule is OC1(CNc2nncs2)CCSCC1. The molecule has 0 atom stereocenters. The van der Waals surface area contributed by atoms with E-state index in [4.69, 9.17) is 0 Å². The molecule has 0 saturated carbocycles. The van der Waals surface area contributed by atoms with Gasteiger partial charge >= 0.3 is 0 Å². The minimum absolute atomic E-state index is 0.545. The van der Waals surface area contributed by atoms with E-state index >= 15 is 0 Å². The van der Waals surface area contributed by atoms with Gasteiger partial charge < -0.3 is 10.4 Å². The first-order valence-corrected chi connectivity index (χ1v) is 6.62. The Hall–Kier alpha value is -0.330. The summed E-state index contributed by atoms with van der Waals surface area (Å²) in [6, 6.07) is 0. The maximum absolute atomic E-state index is 10.2. The Morgan fingerprint density at radius 1 is 1.50 bits per heavy atom. The van der Waals surface area contributed by atoms with Gasteiger partial charge in [-0.05, 0) is 24.3 Å². The van der Waals surface area contributed by atoms with Gasteiger partial charge in [0, 0.05) is 6.54 Å². The van der Waals surface area contributed by atoms with Crippen LogP contribution < -0.4 is 5.32 Å². The second-order valence-electron chi connectivity index (χ2n) is 3.43. The summed E-state index contributed by atoms with van der Waals surface area (Å²) < 4.78 is 0. The van der Waals surface area contributed by atoms with Gasteiger partial charge in [0.2, 0.25) is 5.13 Å². The van der Waals surface area contributed by atoms with E-state index in [0.717, 1.165) is 29.5 Å². The molecule has 14 heavy (non-hydrogen) atoms. The van der Waals surface area contributed by atoms with Crippen molar-refractivity contribution in [1.82, 2.24) is 10.2 Å². The van der Waals surface area contributed by atoms with Crippen LogP contribution >= 0.6 is 23.1 Å². The third-order valence-corrected chi connectivity index (χ3v) is 3.99. The van der Waals surface area contributed by atoms with E-state index < -0.39 is 5.60 Å². The quantitative estimate of drug-likeness (QED) is 0.819. The average molecular weight is 231 g/mol. The third kappa shape index (κ3) is 2.59. The second-order valence-corrected chi connectivity index (χ2v) is 5.49. The van der Waals surface area contributed by atoms with Gasteiger partial charge in [-0.25, -0.2) is 0 Å². The minimum Gasteiger partial charge on any atom is -0.388 e. The highest BCUT2D eigenvalue weighted by molar-refractivity contribution is 7.99. The smallest absolute Gasteiger partial charge is 0.205 e. The molecule has 2 heterocycles. The van der Waals surface area contributed by atoms with E-state index in [2.05, 4.69) is 15.5 Å². The van der Waals surface area contributed by atoms with Crippen molar-refractivity contribution in [1.29, 1.82) is 0 Å². The molecular formula is C8H13N3OS2. The Morgan fingerprint density at radius 3 is 2.93 bits per heavy atom. The lowest BCUT2D eigenvalue weighted by atomic mass is 9.97. The van der Waals surface area contributed by atoms with Crippen LogP contribution in [0.2, 0.25) is 0 Å². The summed E-state index contributed by atoms with van der Waals surface area (Å²) in [5.41, 5.74) is 1.14. The second kappa shape index (κ2) is 4.46. The fourth-order valence-electron chi connectivity index (χ4n) is 1.42. The molecule has 0 bridgehead atoms. The Morgan fingerprint density at radius 2 is 2.29 bits per heavy atom. The average Bonchev–Trinajstić information content (AvgIpc) is 2.69. The number of hydrogen-bond donors (Lipinski definition) is 2. The van der Waals surface area contributed by atoms with Crippen molar-refractivity contribution < 1.29 is 5.11 Å². The third-order valence-electron chi connectivity index (χ3n) is 2.35. The molecule has 0 aromatic carbocycles. The fraction of sp³-hybridized carbons (Fsp3) is 0.750. The zero-order chi connectivity index (χ0) is 9.86. The van der Waals surface area contributed by atoms with E-state index in [1.165, 1.54) is 11.3 Å². The highest BCUT2D eigenvalue weighted by atomic mass is 32.2. The summed E-state index contributed by atoms with van der Waals surface area (Å²) >= 11 is 3.37. The minimum atomic E-state index is -0.545. The molecule has 6 heteroatoms. The number of anilines is 1. The number of aromatic nitrogens is 2. The van der Waals surface area contributed by atoms with Crippen molar-refractivity contribution in [3.63, 3.8) is 0 Å². The monoisotopic (exact) mass is 231 g/mol. The van der Waals surface area contributed by atoms with Gasteiger partial charge in [-0.1, -0.05) is 11.3 Å². The predicted molar refractivity (Wildman–Crippen MR) is 59.9 cm³/mol. The van der Waals surface area contributed by atoms with Crippen LogP contribution in [0.5, 0.6) is 0 Å². The number of aliphatic hydroxyl groups is 1. The van der Waals surface area contributed by atoms with E-state index in [9.17, 15) is 5.11 Å². The van der Waals surface area contributed by atoms with Crippen LogP contribution in [0.25, 0.3) is 0 Å². The van der Waals surface area contributed by atoms with E-state index in [1.54, 1.807) is 5.51 Å². The largest absolute Gasteiger partial charge is 0.388 e. The maximum atomic E-state index is 10.2. The molecule has 0 unspecified atom stereocenters. The van der Waals surface area contributed by atoms with Crippen molar-refractivity contribution in [3.8, 4) is 0 Å². The number of nitrogens with zero attached hydrogens (tertiary/aromatic N) is 2. The van der Waals surface area contributed by atoms with E-state index in [1.807, 2.05) is 11.8 Å². The van der Waals surface area contributed by atoms with E-state index in [-0.39, 0.29) is 0 Å². The van der Waals surface area contributed by atoms with Crippen molar-refractivity contribution in [2.75, 3.05) is 23.4 Å². The summed E-state index contributed by atoms with van der Waals surface area (Å²) in [6.07, 6.45) is 1.73. The van der Waals surface area contributed by atoms with Gasteiger partial charge in [-0.2, -0.15) is 11.8 Å². The lowest BCUT2D eigenvalue weighted by Gasteiger charge is -2.31. The Bertz CT molecular complexity index is 272. The van der Waals surface area contributed by atoms with Gasteiger partial charge in [0.25, 0.3) is 0 Å². The number of nitrogens with one attached hydrogen (secondary N) is 1. The lowest BCUT2D eigenvalue weighted by molar-refractivity contribution is 0.0454. The van der Waals surface area contributed by atoms with Gasteiger partial charge in [-0.15, -0.1) is 10.2 Å². The van der Waals surface area contributed by atoms with Gasteiger partial charge in [0.05, 0.1) is 5.60 Å². The molecule has 1 aliphatic heterocycles. The summed E-state index contributed by atoms with van der Waals surface area (Å²) in [6.45, 7) is 0.586. The zero-order valence-corrected chi connectivity index (χ0v) is 9.40. The predicted octanol–water partition coefficient (Wildman–Crippen LogP) is 1.21. The van der Waals surface area contributed by atoms with Crippen LogP contribution in [0.1, 0.15) is 12.8 Å². The van der Waals surface area contributed by atoms with Crippen LogP contribution in [-0.2, 0) is 0 Å². The van der Waals surface area contributed by atoms with Gasteiger partial charge in [0.1, 0.15) is 5.51 Å².